The number of nitrogens with zero attached hydrogens (tertiary/aromatic N) is 1. The van der Waals surface area contributed by atoms with Crippen molar-refractivity contribution in [3.63, 3.8) is 0 Å². The summed E-state index contributed by atoms with van der Waals surface area (Å²) in [4.78, 5) is 29.6. The highest BCUT2D eigenvalue weighted by Crippen LogP contribution is 2.27. The van der Waals surface area contributed by atoms with E-state index in [9.17, 15) is 9.59 Å². The second-order valence-electron chi connectivity index (χ2n) is 6.49. The van der Waals surface area contributed by atoms with Crippen molar-refractivity contribution in [2.45, 2.75) is 12.8 Å². The number of aryl methyl sites for hydroxylation is 1. The molecule has 4 rings (SSSR count). The predicted octanol–water partition coefficient (Wildman–Crippen LogP) is 3.31. The zero-order chi connectivity index (χ0) is 18.8. The second-order valence-corrected chi connectivity index (χ2v) is 6.49. The van der Waals surface area contributed by atoms with Crippen molar-refractivity contribution < 1.29 is 19.1 Å². The van der Waals surface area contributed by atoms with Gasteiger partial charge >= 0.3 is 5.97 Å². The Bertz CT molecular complexity index is 1010. The lowest BCUT2D eigenvalue weighted by molar-refractivity contribution is -0.121. The number of aromatic nitrogens is 1. The van der Waals surface area contributed by atoms with Crippen LogP contribution in [0.1, 0.15) is 22.5 Å². The Morgan fingerprint density at radius 3 is 2.85 bits per heavy atom. The molecular formula is C21H20N2O4. The first-order chi connectivity index (χ1) is 13.2. The van der Waals surface area contributed by atoms with Crippen LogP contribution in [0.4, 0.5) is 5.69 Å². The summed E-state index contributed by atoms with van der Waals surface area (Å²) < 4.78 is 10.4. The maximum Gasteiger partial charge on any atom is 0.355 e. The highest BCUT2D eigenvalue weighted by atomic mass is 16.5. The average Bonchev–Trinajstić information content (AvgIpc) is 3.14. The van der Waals surface area contributed by atoms with Gasteiger partial charge in [-0.15, -0.1) is 0 Å². The Labute approximate surface area is 156 Å². The minimum absolute atomic E-state index is 0.215. The van der Waals surface area contributed by atoms with E-state index in [-0.39, 0.29) is 12.5 Å². The summed E-state index contributed by atoms with van der Waals surface area (Å²) in [6.45, 7) is 0.353. The SMILES string of the molecule is COc1ccc2cc(C(=O)OCC(=O)N3CCCc4ccccc43)[nH]c2c1. The molecule has 6 nitrogen and oxygen atoms in total. The van der Waals surface area contributed by atoms with E-state index < -0.39 is 5.97 Å². The standard InChI is InChI=1S/C21H20N2O4/c1-26-16-9-8-15-11-18(22-17(15)12-16)21(25)27-13-20(24)23-10-4-6-14-5-2-3-7-19(14)23/h2-3,5,7-9,11-12,22H,4,6,10,13H2,1H3. The van der Waals surface area contributed by atoms with Crippen LogP contribution in [-0.2, 0) is 16.0 Å². The van der Waals surface area contributed by atoms with Gasteiger partial charge in [-0.1, -0.05) is 18.2 Å². The first-order valence-electron chi connectivity index (χ1n) is 8.88. The summed E-state index contributed by atoms with van der Waals surface area (Å²) in [5.41, 5.74) is 3.14. The number of para-hydroxylation sites is 1. The van der Waals surface area contributed by atoms with E-state index in [2.05, 4.69) is 4.98 Å². The van der Waals surface area contributed by atoms with E-state index in [1.807, 2.05) is 42.5 Å². The quantitative estimate of drug-likeness (QED) is 0.721. The topological polar surface area (TPSA) is 71.6 Å². The molecule has 0 atom stereocenters. The molecule has 6 heteroatoms. The minimum atomic E-state index is -0.552. The summed E-state index contributed by atoms with van der Waals surface area (Å²) in [5, 5.41) is 0.874. The van der Waals surface area contributed by atoms with Gasteiger partial charge in [0.2, 0.25) is 0 Å². The van der Waals surface area contributed by atoms with E-state index >= 15 is 0 Å². The molecule has 1 aliphatic rings. The van der Waals surface area contributed by atoms with Gasteiger partial charge in [0, 0.05) is 29.2 Å². The Morgan fingerprint density at radius 1 is 1.15 bits per heavy atom. The summed E-state index contributed by atoms with van der Waals surface area (Å²) in [7, 11) is 1.59. The molecule has 1 amide bonds. The second kappa shape index (κ2) is 7.15. The van der Waals surface area contributed by atoms with Crippen LogP contribution in [0, 0.1) is 0 Å². The lowest BCUT2D eigenvalue weighted by Crippen LogP contribution is -2.38. The van der Waals surface area contributed by atoms with Crippen LogP contribution in [0.25, 0.3) is 10.9 Å². The van der Waals surface area contributed by atoms with Crippen LogP contribution < -0.4 is 9.64 Å². The number of carbonyl (C=O) groups is 2. The van der Waals surface area contributed by atoms with Crippen LogP contribution in [0.2, 0.25) is 0 Å². The van der Waals surface area contributed by atoms with Gasteiger partial charge in [-0.05, 0) is 42.7 Å². The minimum Gasteiger partial charge on any atom is -0.497 e. The van der Waals surface area contributed by atoms with Crippen molar-refractivity contribution in [1.29, 1.82) is 0 Å². The molecule has 0 saturated carbocycles. The molecule has 27 heavy (non-hydrogen) atoms. The third kappa shape index (κ3) is 3.38. The fourth-order valence-corrected chi connectivity index (χ4v) is 3.42. The number of H-pyrrole nitrogens is 1. The lowest BCUT2D eigenvalue weighted by Gasteiger charge is -2.29. The third-order valence-electron chi connectivity index (χ3n) is 4.79. The van der Waals surface area contributed by atoms with Gasteiger partial charge in [-0.2, -0.15) is 0 Å². The third-order valence-corrected chi connectivity index (χ3v) is 4.79. The lowest BCUT2D eigenvalue weighted by atomic mass is 10.0. The summed E-state index contributed by atoms with van der Waals surface area (Å²) in [6, 6.07) is 15.0. The van der Waals surface area contributed by atoms with Gasteiger partial charge < -0.3 is 19.4 Å². The van der Waals surface area contributed by atoms with E-state index in [1.165, 1.54) is 0 Å². The number of methoxy groups -OCH3 is 1. The molecule has 0 spiro atoms. The Kier molecular flexibility index (Phi) is 4.54. The molecule has 0 saturated heterocycles. The van der Waals surface area contributed by atoms with Crippen LogP contribution in [0.3, 0.4) is 0 Å². The maximum atomic E-state index is 12.6. The normalized spacial score (nSPS) is 13.3. The molecule has 2 heterocycles. The molecule has 1 aliphatic heterocycles. The molecule has 1 aromatic heterocycles. The molecule has 0 aliphatic carbocycles. The molecule has 2 aromatic carbocycles. The number of aromatic amines is 1. The van der Waals surface area contributed by atoms with Crippen LogP contribution in [0.15, 0.2) is 48.5 Å². The van der Waals surface area contributed by atoms with Gasteiger partial charge in [-0.25, -0.2) is 4.79 Å². The first kappa shape index (κ1) is 17.1. The summed E-state index contributed by atoms with van der Waals surface area (Å²) >= 11 is 0. The van der Waals surface area contributed by atoms with Crippen molar-refractivity contribution in [3.8, 4) is 5.75 Å². The smallest absolute Gasteiger partial charge is 0.355 e. The van der Waals surface area contributed by atoms with Gasteiger partial charge in [-0.3, -0.25) is 4.79 Å². The number of fused-ring (bicyclic) bond motifs is 2. The number of carbonyl (C=O) groups excluding carboxylic acids is 2. The zero-order valence-corrected chi connectivity index (χ0v) is 15.0. The molecule has 0 fully saturated rings. The van der Waals surface area contributed by atoms with Gasteiger partial charge in [0.05, 0.1) is 7.11 Å². The highest BCUT2D eigenvalue weighted by molar-refractivity contribution is 5.99. The van der Waals surface area contributed by atoms with Gasteiger partial charge in [0.1, 0.15) is 11.4 Å². The molecule has 0 unspecified atom stereocenters. The monoisotopic (exact) mass is 364 g/mol. The van der Waals surface area contributed by atoms with E-state index in [1.54, 1.807) is 18.1 Å². The zero-order valence-electron chi connectivity index (χ0n) is 15.0. The molecule has 138 valence electrons. The molecular weight excluding hydrogens is 344 g/mol. The number of rotatable bonds is 4. The van der Waals surface area contributed by atoms with Gasteiger partial charge in [0.25, 0.3) is 5.91 Å². The van der Waals surface area contributed by atoms with Crippen molar-refractivity contribution in [2.24, 2.45) is 0 Å². The number of benzene rings is 2. The van der Waals surface area contributed by atoms with Crippen molar-refractivity contribution in [2.75, 3.05) is 25.2 Å². The number of ether oxygens (including phenoxy) is 2. The number of esters is 1. The number of anilines is 1. The fourth-order valence-electron chi connectivity index (χ4n) is 3.42. The predicted molar refractivity (Wildman–Crippen MR) is 102 cm³/mol. The number of nitrogens with one attached hydrogen (secondary N) is 1. The van der Waals surface area contributed by atoms with E-state index in [4.69, 9.17) is 9.47 Å². The maximum absolute atomic E-state index is 12.6. The summed E-state index contributed by atoms with van der Waals surface area (Å²) in [6.07, 6.45) is 1.86. The van der Waals surface area contributed by atoms with E-state index in [0.29, 0.717) is 18.0 Å². The number of hydrogen-bond acceptors (Lipinski definition) is 4. The summed E-state index contributed by atoms with van der Waals surface area (Å²) in [5.74, 6) is -0.0692. The Morgan fingerprint density at radius 2 is 2.00 bits per heavy atom. The molecule has 0 bridgehead atoms. The molecule has 0 radical (unpaired) electrons. The van der Waals surface area contributed by atoms with Crippen molar-refractivity contribution >= 4 is 28.5 Å². The van der Waals surface area contributed by atoms with Crippen LogP contribution in [0.5, 0.6) is 5.75 Å². The Hall–Kier alpha value is -3.28. The number of hydrogen-bond donors (Lipinski definition) is 1. The van der Waals surface area contributed by atoms with Gasteiger partial charge in [0.15, 0.2) is 6.61 Å². The largest absolute Gasteiger partial charge is 0.497 e. The van der Waals surface area contributed by atoms with Crippen molar-refractivity contribution in [3.05, 3.63) is 59.8 Å². The highest BCUT2D eigenvalue weighted by Gasteiger charge is 2.23. The fraction of sp³-hybridized carbons (Fsp3) is 0.238. The van der Waals surface area contributed by atoms with Crippen LogP contribution in [-0.4, -0.2) is 37.1 Å². The molecule has 1 N–H and O–H groups in total. The van der Waals surface area contributed by atoms with E-state index in [0.717, 1.165) is 35.0 Å². The van der Waals surface area contributed by atoms with Crippen LogP contribution >= 0.6 is 0 Å². The number of amides is 1. The average molecular weight is 364 g/mol. The molecule has 3 aromatic rings. The van der Waals surface area contributed by atoms with Crippen molar-refractivity contribution in [1.82, 2.24) is 4.98 Å². The Balaban J connectivity index is 1.44. The first-order valence-corrected chi connectivity index (χ1v) is 8.88.